The van der Waals surface area contributed by atoms with Crippen LogP contribution in [0.3, 0.4) is 0 Å². The van der Waals surface area contributed by atoms with E-state index in [1.807, 2.05) is 0 Å². The zero-order valence-corrected chi connectivity index (χ0v) is 24.7. The predicted octanol–water partition coefficient (Wildman–Crippen LogP) is 6.33. The zero-order chi connectivity index (χ0) is 31.0. The SMILES string of the molecule is COc1ccc(C[C@H](C(=O)N[C@@H](Cc2cccc(Cl)c2)C(=O)N[C@H](C(=O)C(F)(F)F)C(C)C)c2ccc(Cl)cc2)cc1. The molecular weight excluding hydrogens is 592 g/mol. The van der Waals surface area contributed by atoms with Crippen LogP contribution in [0.2, 0.25) is 10.0 Å². The number of benzene rings is 3. The Morgan fingerprint density at radius 3 is 2.00 bits per heavy atom. The largest absolute Gasteiger partial charge is 0.497 e. The highest BCUT2D eigenvalue weighted by Gasteiger charge is 2.45. The Morgan fingerprint density at radius 1 is 0.810 bits per heavy atom. The zero-order valence-electron chi connectivity index (χ0n) is 23.2. The molecule has 3 rings (SSSR count). The van der Waals surface area contributed by atoms with Crippen molar-refractivity contribution in [1.82, 2.24) is 10.6 Å². The Morgan fingerprint density at radius 2 is 1.45 bits per heavy atom. The smallest absolute Gasteiger partial charge is 0.452 e. The van der Waals surface area contributed by atoms with E-state index in [-0.39, 0.29) is 12.8 Å². The third-order valence-electron chi connectivity index (χ3n) is 6.68. The van der Waals surface area contributed by atoms with E-state index in [9.17, 15) is 27.6 Å². The lowest BCUT2D eigenvalue weighted by Crippen LogP contribution is -2.56. The third-order valence-corrected chi connectivity index (χ3v) is 7.16. The first kappa shape index (κ1) is 32.9. The molecule has 2 N–H and O–H groups in total. The third kappa shape index (κ3) is 9.22. The molecule has 224 valence electrons. The number of hydrogen-bond donors (Lipinski definition) is 2. The van der Waals surface area contributed by atoms with E-state index in [1.165, 1.54) is 21.0 Å². The molecule has 3 aromatic carbocycles. The van der Waals surface area contributed by atoms with E-state index in [4.69, 9.17) is 27.9 Å². The number of amides is 2. The fourth-order valence-corrected chi connectivity index (χ4v) is 4.74. The lowest BCUT2D eigenvalue weighted by Gasteiger charge is -2.27. The van der Waals surface area contributed by atoms with E-state index in [0.29, 0.717) is 26.9 Å². The standard InChI is InChI=1S/C31H31Cl2F3N2O4/c1-18(2)27(28(39)31(34,35)36)38-30(41)26(17-20-5-4-6-23(33)15-20)37-29(40)25(21-9-11-22(32)12-10-21)16-19-7-13-24(42-3)14-8-19/h4-15,18,25-27H,16-17H2,1-3H3,(H,37,40)(H,38,41)/t25-,26-,27-/m0/s1. The van der Waals surface area contributed by atoms with Crippen LogP contribution in [0.25, 0.3) is 0 Å². The van der Waals surface area contributed by atoms with Crippen LogP contribution in [-0.2, 0) is 27.2 Å². The summed E-state index contributed by atoms with van der Waals surface area (Å²) >= 11 is 12.2. The monoisotopic (exact) mass is 622 g/mol. The summed E-state index contributed by atoms with van der Waals surface area (Å²) in [6.45, 7) is 2.79. The fraction of sp³-hybridized carbons (Fsp3) is 0.323. The first-order valence-electron chi connectivity index (χ1n) is 13.1. The van der Waals surface area contributed by atoms with Crippen molar-refractivity contribution in [2.24, 2.45) is 5.92 Å². The number of ketones is 1. The second kappa shape index (κ2) is 14.6. The Kier molecular flexibility index (Phi) is 11.4. The number of alkyl halides is 3. The van der Waals surface area contributed by atoms with Gasteiger partial charge < -0.3 is 15.4 Å². The molecule has 0 spiro atoms. The van der Waals surface area contributed by atoms with Crippen LogP contribution in [0.5, 0.6) is 5.75 Å². The van der Waals surface area contributed by atoms with Crippen molar-refractivity contribution < 1.29 is 32.3 Å². The van der Waals surface area contributed by atoms with Crippen LogP contribution < -0.4 is 15.4 Å². The Hall–Kier alpha value is -3.56. The van der Waals surface area contributed by atoms with E-state index >= 15 is 0 Å². The summed E-state index contributed by atoms with van der Waals surface area (Å²) in [7, 11) is 1.54. The molecule has 0 saturated heterocycles. The van der Waals surface area contributed by atoms with Gasteiger partial charge in [-0.3, -0.25) is 14.4 Å². The van der Waals surface area contributed by atoms with E-state index in [1.54, 1.807) is 72.8 Å². The van der Waals surface area contributed by atoms with Gasteiger partial charge >= 0.3 is 6.18 Å². The van der Waals surface area contributed by atoms with Crippen molar-refractivity contribution in [3.8, 4) is 5.75 Å². The molecule has 3 aromatic rings. The lowest BCUT2D eigenvalue weighted by atomic mass is 9.90. The average molecular weight is 623 g/mol. The van der Waals surface area contributed by atoms with Gasteiger partial charge in [0.25, 0.3) is 5.78 Å². The molecule has 0 saturated carbocycles. The molecule has 3 atom stereocenters. The number of rotatable bonds is 12. The van der Waals surface area contributed by atoms with Crippen molar-refractivity contribution in [2.45, 2.75) is 50.9 Å². The summed E-state index contributed by atoms with van der Waals surface area (Å²) in [5.41, 5.74) is 1.98. The molecule has 2 amide bonds. The molecule has 0 aromatic heterocycles. The van der Waals surface area contributed by atoms with E-state index in [2.05, 4.69) is 10.6 Å². The molecule has 0 unspecified atom stereocenters. The van der Waals surface area contributed by atoms with Gasteiger partial charge in [0.15, 0.2) is 0 Å². The first-order valence-corrected chi connectivity index (χ1v) is 13.9. The number of ether oxygens (including phenoxy) is 1. The van der Waals surface area contributed by atoms with Crippen LogP contribution >= 0.6 is 23.2 Å². The Balaban J connectivity index is 1.95. The summed E-state index contributed by atoms with van der Waals surface area (Å²) in [6.07, 6.45) is -4.99. The van der Waals surface area contributed by atoms with Crippen molar-refractivity contribution in [3.05, 3.63) is 99.5 Å². The molecule has 6 nitrogen and oxygen atoms in total. The second-order valence-electron chi connectivity index (χ2n) is 10.1. The van der Waals surface area contributed by atoms with Gasteiger partial charge in [-0.05, 0) is 65.4 Å². The molecule has 0 radical (unpaired) electrons. The van der Waals surface area contributed by atoms with Gasteiger partial charge in [0, 0.05) is 16.5 Å². The van der Waals surface area contributed by atoms with Gasteiger partial charge in [-0.25, -0.2) is 0 Å². The minimum Gasteiger partial charge on any atom is -0.497 e. The van der Waals surface area contributed by atoms with Crippen molar-refractivity contribution in [3.63, 3.8) is 0 Å². The average Bonchev–Trinajstić information content (AvgIpc) is 2.94. The van der Waals surface area contributed by atoms with Gasteiger partial charge in [0.2, 0.25) is 11.8 Å². The molecule has 0 bridgehead atoms. The fourth-order valence-electron chi connectivity index (χ4n) is 4.40. The minimum atomic E-state index is -5.15. The summed E-state index contributed by atoms with van der Waals surface area (Å²) in [5, 5.41) is 5.79. The molecule has 0 fully saturated rings. The summed E-state index contributed by atoms with van der Waals surface area (Å²) in [5.74, 6) is -4.56. The molecule has 0 heterocycles. The molecule has 42 heavy (non-hydrogen) atoms. The molecule has 11 heteroatoms. The van der Waals surface area contributed by atoms with Crippen molar-refractivity contribution in [1.29, 1.82) is 0 Å². The maximum Gasteiger partial charge on any atom is 0.452 e. The number of methoxy groups -OCH3 is 1. The predicted molar refractivity (Wildman–Crippen MR) is 156 cm³/mol. The number of carbonyl (C=O) groups excluding carboxylic acids is 3. The second-order valence-corrected chi connectivity index (χ2v) is 11.0. The number of hydrogen-bond acceptors (Lipinski definition) is 4. The summed E-state index contributed by atoms with van der Waals surface area (Å²) in [6, 6.07) is 17.2. The minimum absolute atomic E-state index is 0.0843. The highest BCUT2D eigenvalue weighted by molar-refractivity contribution is 6.30. The number of Topliss-reactive ketones (excluding diaryl/α,β-unsaturated/α-hetero) is 1. The molecule has 0 aliphatic rings. The maximum atomic E-state index is 13.8. The van der Waals surface area contributed by atoms with Gasteiger partial charge in [0.05, 0.1) is 19.1 Å². The van der Waals surface area contributed by atoms with Crippen LogP contribution in [0, 0.1) is 5.92 Å². The topological polar surface area (TPSA) is 84.5 Å². The summed E-state index contributed by atoms with van der Waals surface area (Å²) in [4.78, 5) is 39.4. The lowest BCUT2D eigenvalue weighted by molar-refractivity contribution is -0.175. The van der Waals surface area contributed by atoms with Crippen LogP contribution in [0.4, 0.5) is 13.2 Å². The quantitative estimate of drug-likeness (QED) is 0.247. The first-order chi connectivity index (χ1) is 19.8. The number of nitrogens with one attached hydrogen (secondary N) is 2. The van der Waals surface area contributed by atoms with Gasteiger partial charge in [-0.15, -0.1) is 0 Å². The molecule has 0 aliphatic carbocycles. The number of carbonyl (C=O) groups is 3. The van der Waals surface area contributed by atoms with Crippen LogP contribution in [0.15, 0.2) is 72.8 Å². The van der Waals surface area contributed by atoms with Crippen LogP contribution in [-0.4, -0.2) is 43.0 Å². The Bertz CT molecular complexity index is 1380. The van der Waals surface area contributed by atoms with Gasteiger partial charge in [0.1, 0.15) is 11.8 Å². The van der Waals surface area contributed by atoms with E-state index < -0.39 is 47.7 Å². The van der Waals surface area contributed by atoms with Crippen molar-refractivity contribution >= 4 is 40.8 Å². The Labute approximate surface area is 252 Å². The van der Waals surface area contributed by atoms with Gasteiger partial charge in [-0.2, -0.15) is 13.2 Å². The maximum absolute atomic E-state index is 13.8. The normalized spacial score (nSPS) is 13.6. The highest BCUT2D eigenvalue weighted by atomic mass is 35.5. The van der Waals surface area contributed by atoms with Gasteiger partial charge in [-0.1, -0.05) is 73.4 Å². The van der Waals surface area contributed by atoms with Crippen molar-refractivity contribution in [2.75, 3.05) is 7.11 Å². The summed E-state index contributed by atoms with van der Waals surface area (Å²) < 4.78 is 45.1. The molecule has 0 aliphatic heterocycles. The van der Waals surface area contributed by atoms with E-state index in [0.717, 1.165) is 5.56 Å². The highest BCUT2D eigenvalue weighted by Crippen LogP contribution is 2.26. The van der Waals surface area contributed by atoms with Crippen LogP contribution in [0.1, 0.15) is 36.5 Å². The number of halogens is 5. The molecular formula is C31H31Cl2F3N2O4.